The summed E-state index contributed by atoms with van der Waals surface area (Å²) in [7, 11) is 0. The summed E-state index contributed by atoms with van der Waals surface area (Å²) >= 11 is 0. The van der Waals surface area contributed by atoms with Gasteiger partial charge in [0, 0.05) is 45.3 Å². The summed E-state index contributed by atoms with van der Waals surface area (Å²) in [4.78, 5) is 26.3. The van der Waals surface area contributed by atoms with Crippen molar-refractivity contribution in [1.29, 1.82) is 0 Å². The number of urea groups is 1. The van der Waals surface area contributed by atoms with Crippen molar-refractivity contribution in [2.45, 2.75) is 39.7 Å². The molecule has 6 nitrogen and oxygen atoms in total. The lowest BCUT2D eigenvalue weighted by Gasteiger charge is -2.31. The second-order valence-electron chi connectivity index (χ2n) is 6.75. The number of rotatable bonds is 8. The van der Waals surface area contributed by atoms with Crippen molar-refractivity contribution in [3.05, 3.63) is 35.4 Å². The lowest BCUT2D eigenvalue weighted by Crippen LogP contribution is -2.46. The van der Waals surface area contributed by atoms with E-state index in [1.54, 1.807) is 4.90 Å². The first-order valence-corrected chi connectivity index (χ1v) is 9.54. The van der Waals surface area contributed by atoms with Crippen molar-refractivity contribution in [1.82, 2.24) is 15.5 Å². The van der Waals surface area contributed by atoms with Crippen molar-refractivity contribution in [2.24, 2.45) is 5.92 Å². The molecule has 0 aliphatic carbocycles. The highest BCUT2D eigenvalue weighted by atomic mass is 16.5. The monoisotopic (exact) mass is 361 g/mol. The SMILES string of the molecule is CCOCCCNC(=O)C1CCN(C(=O)NCc2cccc(C)c2)CC1. The summed E-state index contributed by atoms with van der Waals surface area (Å²) in [6, 6.07) is 8.06. The van der Waals surface area contributed by atoms with E-state index >= 15 is 0 Å². The summed E-state index contributed by atoms with van der Waals surface area (Å²) in [5.41, 5.74) is 2.28. The molecule has 0 spiro atoms. The molecule has 1 fully saturated rings. The molecule has 0 bridgehead atoms. The average molecular weight is 361 g/mol. The van der Waals surface area contributed by atoms with Crippen molar-refractivity contribution < 1.29 is 14.3 Å². The number of ether oxygens (including phenoxy) is 1. The van der Waals surface area contributed by atoms with Gasteiger partial charge in [0.25, 0.3) is 0 Å². The van der Waals surface area contributed by atoms with Gasteiger partial charge in [-0.15, -0.1) is 0 Å². The number of hydrogen-bond donors (Lipinski definition) is 2. The van der Waals surface area contributed by atoms with Gasteiger partial charge >= 0.3 is 6.03 Å². The van der Waals surface area contributed by atoms with Crippen molar-refractivity contribution in [2.75, 3.05) is 32.8 Å². The van der Waals surface area contributed by atoms with Gasteiger partial charge in [-0.2, -0.15) is 0 Å². The molecule has 0 aromatic heterocycles. The Bertz CT molecular complexity index is 583. The standard InChI is InChI=1S/C20H31N3O3/c1-3-26-13-5-10-21-19(24)18-8-11-23(12-9-18)20(25)22-15-17-7-4-6-16(2)14-17/h4,6-7,14,18H,3,5,8-13,15H2,1-2H3,(H,21,24)(H,22,25). The van der Waals surface area contributed by atoms with Gasteiger partial charge in [0.15, 0.2) is 0 Å². The Balaban J connectivity index is 1.65. The van der Waals surface area contributed by atoms with Gasteiger partial charge in [0.2, 0.25) is 5.91 Å². The van der Waals surface area contributed by atoms with Gasteiger partial charge in [0.1, 0.15) is 0 Å². The van der Waals surface area contributed by atoms with Gasteiger partial charge in [-0.3, -0.25) is 4.79 Å². The Morgan fingerprint density at radius 1 is 1.23 bits per heavy atom. The minimum atomic E-state index is -0.0536. The lowest BCUT2D eigenvalue weighted by atomic mass is 9.96. The van der Waals surface area contributed by atoms with Crippen LogP contribution in [0.3, 0.4) is 0 Å². The maximum absolute atomic E-state index is 12.3. The number of piperidine rings is 1. The second kappa shape index (κ2) is 10.8. The van der Waals surface area contributed by atoms with Gasteiger partial charge in [-0.05, 0) is 38.7 Å². The maximum Gasteiger partial charge on any atom is 0.317 e. The molecule has 1 aromatic rings. The van der Waals surface area contributed by atoms with E-state index in [0.717, 1.165) is 24.8 Å². The zero-order valence-corrected chi connectivity index (χ0v) is 15.9. The second-order valence-corrected chi connectivity index (χ2v) is 6.75. The molecular weight excluding hydrogens is 330 g/mol. The molecule has 1 aromatic carbocycles. The largest absolute Gasteiger partial charge is 0.382 e. The molecule has 26 heavy (non-hydrogen) atoms. The maximum atomic E-state index is 12.3. The first kappa shape index (κ1) is 20.2. The quantitative estimate of drug-likeness (QED) is 0.699. The molecule has 0 atom stereocenters. The first-order valence-electron chi connectivity index (χ1n) is 9.54. The molecule has 2 N–H and O–H groups in total. The van der Waals surface area contributed by atoms with Crippen LogP contribution in [0.2, 0.25) is 0 Å². The van der Waals surface area contributed by atoms with Crippen LogP contribution in [0.15, 0.2) is 24.3 Å². The van der Waals surface area contributed by atoms with Crippen LogP contribution >= 0.6 is 0 Å². The lowest BCUT2D eigenvalue weighted by molar-refractivity contribution is -0.126. The van der Waals surface area contributed by atoms with Crippen molar-refractivity contribution in [3.63, 3.8) is 0 Å². The Morgan fingerprint density at radius 2 is 2.00 bits per heavy atom. The van der Waals surface area contributed by atoms with Gasteiger partial charge < -0.3 is 20.3 Å². The van der Waals surface area contributed by atoms with E-state index in [1.807, 2.05) is 32.0 Å². The Labute approximate surface area is 156 Å². The molecule has 1 aliphatic heterocycles. The van der Waals surface area contributed by atoms with Gasteiger partial charge in [-0.25, -0.2) is 4.79 Å². The summed E-state index contributed by atoms with van der Waals surface area (Å²) in [6.45, 7) is 7.81. The van der Waals surface area contributed by atoms with Crippen LogP contribution in [-0.2, 0) is 16.1 Å². The molecule has 1 aliphatic rings. The Hall–Kier alpha value is -2.08. The molecule has 0 unspecified atom stereocenters. The number of hydrogen-bond acceptors (Lipinski definition) is 3. The zero-order chi connectivity index (χ0) is 18.8. The number of carbonyl (C=O) groups excluding carboxylic acids is 2. The molecule has 2 rings (SSSR count). The van der Waals surface area contributed by atoms with Crippen LogP contribution in [-0.4, -0.2) is 49.7 Å². The smallest absolute Gasteiger partial charge is 0.317 e. The minimum Gasteiger partial charge on any atom is -0.382 e. The first-order chi connectivity index (χ1) is 12.6. The van der Waals surface area contributed by atoms with E-state index in [1.165, 1.54) is 5.56 Å². The highest BCUT2D eigenvalue weighted by Crippen LogP contribution is 2.17. The summed E-state index contributed by atoms with van der Waals surface area (Å²) in [5.74, 6) is 0.101. The fourth-order valence-corrected chi connectivity index (χ4v) is 3.13. The van der Waals surface area contributed by atoms with Crippen LogP contribution in [0.5, 0.6) is 0 Å². The number of aryl methyl sites for hydroxylation is 1. The van der Waals surface area contributed by atoms with E-state index in [4.69, 9.17) is 4.74 Å². The molecule has 144 valence electrons. The van der Waals surface area contributed by atoms with Crippen LogP contribution in [0.1, 0.15) is 37.3 Å². The van der Waals surface area contributed by atoms with E-state index < -0.39 is 0 Å². The molecule has 0 radical (unpaired) electrons. The van der Waals surface area contributed by atoms with Crippen molar-refractivity contribution >= 4 is 11.9 Å². The Kier molecular flexibility index (Phi) is 8.41. The van der Waals surface area contributed by atoms with Crippen LogP contribution in [0.4, 0.5) is 4.79 Å². The van der Waals surface area contributed by atoms with Crippen LogP contribution < -0.4 is 10.6 Å². The molecule has 1 heterocycles. The molecule has 1 saturated heterocycles. The van der Waals surface area contributed by atoms with E-state index in [0.29, 0.717) is 39.4 Å². The molecular formula is C20H31N3O3. The van der Waals surface area contributed by atoms with Gasteiger partial charge in [0.05, 0.1) is 0 Å². The fraction of sp³-hybridized carbons (Fsp3) is 0.600. The highest BCUT2D eigenvalue weighted by Gasteiger charge is 2.26. The predicted octanol–water partition coefficient (Wildman–Crippen LogP) is 2.46. The van der Waals surface area contributed by atoms with Gasteiger partial charge in [-0.1, -0.05) is 29.8 Å². The zero-order valence-electron chi connectivity index (χ0n) is 15.9. The topological polar surface area (TPSA) is 70.7 Å². The number of likely N-dealkylation sites (tertiary alicyclic amines) is 1. The summed E-state index contributed by atoms with van der Waals surface area (Å²) in [5, 5.41) is 5.94. The molecule has 6 heteroatoms. The Morgan fingerprint density at radius 3 is 2.69 bits per heavy atom. The summed E-state index contributed by atoms with van der Waals surface area (Å²) in [6.07, 6.45) is 2.27. The minimum absolute atomic E-state index is 0.00270. The molecule has 0 saturated carbocycles. The van der Waals surface area contributed by atoms with E-state index in [9.17, 15) is 9.59 Å². The number of nitrogens with one attached hydrogen (secondary N) is 2. The third-order valence-corrected chi connectivity index (χ3v) is 4.65. The number of nitrogens with zero attached hydrogens (tertiary/aromatic N) is 1. The predicted molar refractivity (Wildman–Crippen MR) is 102 cm³/mol. The number of amides is 3. The molecule has 3 amide bonds. The third kappa shape index (κ3) is 6.67. The normalized spacial score (nSPS) is 14.9. The van der Waals surface area contributed by atoms with Crippen molar-refractivity contribution in [3.8, 4) is 0 Å². The van der Waals surface area contributed by atoms with Crippen LogP contribution in [0.25, 0.3) is 0 Å². The number of benzene rings is 1. The van der Waals surface area contributed by atoms with E-state index in [-0.39, 0.29) is 17.9 Å². The summed E-state index contributed by atoms with van der Waals surface area (Å²) < 4.78 is 5.26. The number of carbonyl (C=O) groups is 2. The third-order valence-electron chi connectivity index (χ3n) is 4.65. The fourth-order valence-electron chi connectivity index (χ4n) is 3.13. The van der Waals surface area contributed by atoms with Crippen LogP contribution in [0, 0.1) is 12.8 Å². The highest BCUT2D eigenvalue weighted by molar-refractivity contribution is 5.79. The van der Waals surface area contributed by atoms with E-state index in [2.05, 4.69) is 16.7 Å². The average Bonchev–Trinajstić information content (AvgIpc) is 2.66.